The number of fused-ring (bicyclic) bond motifs is 3. The molecule has 0 radical (unpaired) electrons. The molecule has 1 saturated heterocycles. The largest absolute Gasteiger partial charge is 0.380 e. The second-order valence-corrected chi connectivity index (χ2v) is 8.52. The molecule has 0 aromatic carbocycles. The Morgan fingerprint density at radius 2 is 1.90 bits per heavy atom. The third kappa shape index (κ3) is 3.46. The molecule has 1 saturated carbocycles. The summed E-state index contributed by atoms with van der Waals surface area (Å²) in [7, 11) is 0. The zero-order valence-corrected chi connectivity index (χ0v) is 17.4. The van der Waals surface area contributed by atoms with Crippen LogP contribution in [-0.4, -0.2) is 43.6 Å². The average molecular weight is 415 g/mol. The molecule has 1 aliphatic heterocycles. The van der Waals surface area contributed by atoms with Crippen molar-refractivity contribution in [3.8, 4) is 0 Å². The van der Waals surface area contributed by atoms with E-state index in [1.165, 1.54) is 31.1 Å². The van der Waals surface area contributed by atoms with E-state index in [0.29, 0.717) is 18.0 Å². The van der Waals surface area contributed by atoms with Gasteiger partial charge >= 0.3 is 0 Å². The van der Waals surface area contributed by atoms with E-state index in [9.17, 15) is 0 Å². The van der Waals surface area contributed by atoms with Crippen molar-refractivity contribution in [1.29, 1.82) is 0 Å². The maximum absolute atomic E-state index is 4.91. The molecule has 0 amide bonds. The highest BCUT2D eigenvalue weighted by Gasteiger charge is 2.23. The van der Waals surface area contributed by atoms with Crippen LogP contribution in [0.4, 0.5) is 17.5 Å². The van der Waals surface area contributed by atoms with Crippen LogP contribution >= 0.6 is 0 Å². The summed E-state index contributed by atoms with van der Waals surface area (Å²) in [5.41, 5.74) is 3.15. The quantitative estimate of drug-likeness (QED) is 0.454. The van der Waals surface area contributed by atoms with Crippen LogP contribution in [-0.2, 0) is 0 Å². The van der Waals surface area contributed by atoms with Crippen molar-refractivity contribution in [2.24, 2.45) is 0 Å². The highest BCUT2D eigenvalue weighted by atomic mass is 15.2. The molecule has 1 unspecified atom stereocenters. The Morgan fingerprint density at radius 3 is 2.71 bits per heavy atom. The van der Waals surface area contributed by atoms with Gasteiger partial charge in [0.15, 0.2) is 0 Å². The SMILES string of the molecule is c1cc2c3cnc(Nc4ccc(NC5CCNC5)cn4)nc3n(C3CCCC3)c2cn1. The Bertz CT molecular complexity index is 1200. The maximum atomic E-state index is 4.91. The number of pyridine rings is 2. The number of hydrogen-bond donors (Lipinski definition) is 3. The predicted molar refractivity (Wildman–Crippen MR) is 123 cm³/mol. The molecule has 5 heterocycles. The second kappa shape index (κ2) is 7.77. The number of rotatable bonds is 5. The highest BCUT2D eigenvalue weighted by molar-refractivity contribution is 6.06. The molecule has 2 fully saturated rings. The van der Waals surface area contributed by atoms with Gasteiger partial charge in [0.25, 0.3) is 0 Å². The molecular formula is C23H26N8. The first-order chi connectivity index (χ1) is 15.3. The van der Waals surface area contributed by atoms with Gasteiger partial charge in [-0.05, 0) is 44.0 Å². The minimum atomic E-state index is 0.471. The summed E-state index contributed by atoms with van der Waals surface area (Å²) in [5.74, 6) is 1.30. The van der Waals surface area contributed by atoms with E-state index in [0.717, 1.165) is 47.6 Å². The first kappa shape index (κ1) is 18.5. The van der Waals surface area contributed by atoms with Crippen LogP contribution in [0.15, 0.2) is 43.0 Å². The minimum absolute atomic E-state index is 0.471. The molecule has 3 N–H and O–H groups in total. The highest BCUT2D eigenvalue weighted by Crippen LogP contribution is 2.37. The van der Waals surface area contributed by atoms with Crippen LogP contribution in [0.1, 0.15) is 38.1 Å². The summed E-state index contributed by atoms with van der Waals surface area (Å²) in [5, 5.41) is 12.4. The molecule has 8 heteroatoms. The number of hydrogen-bond acceptors (Lipinski definition) is 7. The van der Waals surface area contributed by atoms with E-state index in [-0.39, 0.29) is 0 Å². The van der Waals surface area contributed by atoms with Crippen LogP contribution in [0.2, 0.25) is 0 Å². The minimum Gasteiger partial charge on any atom is -0.380 e. The maximum Gasteiger partial charge on any atom is 0.230 e. The predicted octanol–water partition coefficient (Wildman–Crippen LogP) is 4.01. The lowest BCUT2D eigenvalue weighted by atomic mass is 10.2. The van der Waals surface area contributed by atoms with Gasteiger partial charge in [0.1, 0.15) is 11.5 Å². The van der Waals surface area contributed by atoms with Gasteiger partial charge in [-0.3, -0.25) is 4.98 Å². The number of anilines is 3. The summed E-state index contributed by atoms with van der Waals surface area (Å²) in [6.07, 6.45) is 13.6. The molecule has 4 aromatic heterocycles. The van der Waals surface area contributed by atoms with Crippen molar-refractivity contribution < 1.29 is 0 Å². The molecule has 0 bridgehead atoms. The first-order valence-corrected chi connectivity index (χ1v) is 11.2. The summed E-state index contributed by atoms with van der Waals surface area (Å²) < 4.78 is 2.37. The van der Waals surface area contributed by atoms with Gasteiger partial charge < -0.3 is 20.5 Å². The van der Waals surface area contributed by atoms with E-state index in [4.69, 9.17) is 4.98 Å². The molecule has 0 spiro atoms. The van der Waals surface area contributed by atoms with Crippen LogP contribution in [0, 0.1) is 0 Å². The third-order valence-corrected chi connectivity index (χ3v) is 6.47. The lowest BCUT2D eigenvalue weighted by molar-refractivity contribution is 0.546. The Balaban J connectivity index is 1.31. The van der Waals surface area contributed by atoms with Crippen molar-refractivity contribution in [2.75, 3.05) is 23.7 Å². The fourth-order valence-electron chi connectivity index (χ4n) is 4.94. The number of aromatic nitrogens is 5. The Hall–Kier alpha value is -3.26. The Kier molecular flexibility index (Phi) is 4.64. The van der Waals surface area contributed by atoms with Crippen molar-refractivity contribution >= 4 is 39.4 Å². The van der Waals surface area contributed by atoms with Crippen LogP contribution in [0.3, 0.4) is 0 Å². The summed E-state index contributed by atoms with van der Waals surface area (Å²) in [6, 6.07) is 7.02. The zero-order valence-electron chi connectivity index (χ0n) is 17.4. The fourth-order valence-corrected chi connectivity index (χ4v) is 4.94. The Morgan fingerprint density at radius 1 is 0.968 bits per heavy atom. The fraction of sp³-hybridized carbons (Fsp3) is 0.391. The lowest BCUT2D eigenvalue weighted by Crippen LogP contribution is -2.22. The van der Waals surface area contributed by atoms with Crippen LogP contribution in [0.25, 0.3) is 21.9 Å². The first-order valence-electron chi connectivity index (χ1n) is 11.2. The molecule has 1 aliphatic carbocycles. The van der Waals surface area contributed by atoms with E-state index < -0.39 is 0 Å². The van der Waals surface area contributed by atoms with Gasteiger partial charge in [-0.15, -0.1) is 0 Å². The van der Waals surface area contributed by atoms with Crippen LogP contribution in [0.5, 0.6) is 0 Å². The van der Waals surface area contributed by atoms with E-state index in [2.05, 4.69) is 41.5 Å². The summed E-state index contributed by atoms with van der Waals surface area (Å²) in [4.78, 5) is 18.4. The van der Waals surface area contributed by atoms with Gasteiger partial charge in [0.05, 0.1) is 23.6 Å². The van der Waals surface area contributed by atoms with Gasteiger partial charge in [-0.25, -0.2) is 9.97 Å². The third-order valence-electron chi connectivity index (χ3n) is 6.47. The topological polar surface area (TPSA) is 92.6 Å². The molecular weight excluding hydrogens is 388 g/mol. The molecule has 6 rings (SSSR count). The molecule has 2 aliphatic rings. The number of nitrogens with one attached hydrogen (secondary N) is 3. The van der Waals surface area contributed by atoms with E-state index in [1.807, 2.05) is 36.9 Å². The zero-order chi connectivity index (χ0) is 20.6. The molecule has 1 atom stereocenters. The van der Waals surface area contributed by atoms with Gasteiger partial charge in [0, 0.05) is 41.8 Å². The van der Waals surface area contributed by atoms with Gasteiger partial charge in [-0.1, -0.05) is 12.8 Å². The average Bonchev–Trinajstić information content (AvgIpc) is 3.55. The molecule has 4 aromatic rings. The van der Waals surface area contributed by atoms with Gasteiger partial charge in [-0.2, -0.15) is 4.98 Å². The van der Waals surface area contributed by atoms with E-state index >= 15 is 0 Å². The van der Waals surface area contributed by atoms with Crippen molar-refractivity contribution in [2.45, 2.75) is 44.2 Å². The Labute approximate surface area is 180 Å². The van der Waals surface area contributed by atoms with Crippen LogP contribution < -0.4 is 16.0 Å². The lowest BCUT2D eigenvalue weighted by Gasteiger charge is -2.15. The second-order valence-electron chi connectivity index (χ2n) is 8.52. The standard InChI is InChI=1S/C23H26N8/c1-2-4-17(3-1)31-20-14-25-10-8-18(20)19-13-27-23(30-22(19)31)29-21-6-5-15(12-26-21)28-16-7-9-24-11-16/h5-6,8,10,12-14,16-17,24,28H,1-4,7,9,11H2,(H,26,27,29,30). The molecule has 158 valence electrons. The number of nitrogens with zero attached hydrogens (tertiary/aromatic N) is 5. The monoisotopic (exact) mass is 414 g/mol. The smallest absolute Gasteiger partial charge is 0.230 e. The molecule has 8 nitrogen and oxygen atoms in total. The molecule has 31 heavy (non-hydrogen) atoms. The summed E-state index contributed by atoms with van der Waals surface area (Å²) >= 11 is 0. The van der Waals surface area contributed by atoms with E-state index in [1.54, 1.807) is 0 Å². The van der Waals surface area contributed by atoms with Crippen molar-refractivity contribution in [3.05, 3.63) is 43.0 Å². The van der Waals surface area contributed by atoms with Crippen molar-refractivity contribution in [3.63, 3.8) is 0 Å². The summed E-state index contributed by atoms with van der Waals surface area (Å²) in [6.45, 7) is 2.07. The van der Waals surface area contributed by atoms with Gasteiger partial charge in [0.2, 0.25) is 5.95 Å². The normalized spacial score (nSPS) is 19.4. The van der Waals surface area contributed by atoms with Crippen molar-refractivity contribution in [1.82, 2.24) is 29.8 Å².